The van der Waals surface area contributed by atoms with Crippen molar-refractivity contribution < 1.29 is 31.9 Å². The monoisotopic (exact) mass is 463 g/mol. The first kappa shape index (κ1) is 22.7. The topological polar surface area (TPSA) is 102 Å². The number of nitrogens with zero attached hydrogens (tertiary/aromatic N) is 3. The number of carbonyl (C=O) groups excluding carboxylic acids is 2. The number of ether oxygens (including phenoxy) is 1. The van der Waals surface area contributed by atoms with Gasteiger partial charge in [-0.25, -0.2) is 13.9 Å². The van der Waals surface area contributed by atoms with Crippen LogP contribution in [0.3, 0.4) is 0 Å². The highest BCUT2D eigenvalue weighted by atomic mass is 35.5. The van der Waals surface area contributed by atoms with Crippen molar-refractivity contribution in [3.63, 3.8) is 0 Å². The average molecular weight is 464 g/mol. The second kappa shape index (κ2) is 8.61. The van der Waals surface area contributed by atoms with Crippen LogP contribution in [0.15, 0.2) is 18.3 Å². The van der Waals surface area contributed by atoms with Crippen LogP contribution >= 0.6 is 11.6 Å². The molecule has 168 valence electrons. The summed E-state index contributed by atoms with van der Waals surface area (Å²) >= 11 is 5.81. The third-order valence-corrected chi connectivity index (χ3v) is 4.98. The van der Waals surface area contributed by atoms with E-state index in [1.807, 2.05) is 0 Å². The normalized spacial score (nSPS) is 15.8. The van der Waals surface area contributed by atoms with E-state index in [2.05, 4.69) is 10.4 Å². The van der Waals surface area contributed by atoms with Gasteiger partial charge in [-0.2, -0.15) is 18.3 Å². The zero-order valence-electron chi connectivity index (χ0n) is 16.2. The lowest BCUT2D eigenvalue weighted by atomic mass is 10.0. The van der Waals surface area contributed by atoms with Gasteiger partial charge in [0.25, 0.3) is 5.91 Å². The molecule has 0 fully saturated rings. The maximum absolute atomic E-state index is 14.4. The summed E-state index contributed by atoms with van der Waals surface area (Å²) in [5.41, 5.74) is 5.82. The van der Waals surface area contributed by atoms with Crippen molar-refractivity contribution in [2.45, 2.75) is 31.7 Å². The molecule has 8 nitrogen and oxygen atoms in total. The molecule has 3 rings (SSSR count). The van der Waals surface area contributed by atoms with Crippen LogP contribution in [-0.2, 0) is 11.3 Å². The summed E-state index contributed by atoms with van der Waals surface area (Å²) in [6, 6.07) is 2.78. The number of nitrogens with two attached hydrogens (primary N) is 1. The van der Waals surface area contributed by atoms with E-state index in [-0.39, 0.29) is 34.8 Å². The van der Waals surface area contributed by atoms with Crippen molar-refractivity contribution in [1.29, 1.82) is 0 Å². The summed E-state index contributed by atoms with van der Waals surface area (Å²) in [5, 5.41) is 5.79. The number of cyclic esters (lactones) is 1. The third-order valence-electron chi connectivity index (χ3n) is 4.69. The summed E-state index contributed by atoms with van der Waals surface area (Å²) < 4.78 is 57.7. The number of nitrogen functional groups attached to an aromatic ring is 1. The fourth-order valence-corrected chi connectivity index (χ4v) is 3.36. The number of rotatable bonds is 6. The Kier molecular flexibility index (Phi) is 6.30. The van der Waals surface area contributed by atoms with Gasteiger partial charge < -0.3 is 15.4 Å². The van der Waals surface area contributed by atoms with Gasteiger partial charge in [-0.15, -0.1) is 0 Å². The second-order valence-electron chi connectivity index (χ2n) is 6.93. The van der Waals surface area contributed by atoms with Crippen LogP contribution in [0.5, 0.6) is 0 Å². The van der Waals surface area contributed by atoms with Crippen molar-refractivity contribution in [3.05, 3.63) is 40.3 Å². The Morgan fingerprint density at radius 2 is 2.13 bits per heavy atom. The summed E-state index contributed by atoms with van der Waals surface area (Å²) in [4.78, 5) is 25.5. The Balaban J connectivity index is 1.64. The van der Waals surface area contributed by atoms with Crippen LogP contribution < -0.4 is 11.1 Å². The average Bonchev–Trinajstić information content (AvgIpc) is 3.02. The molecule has 13 heteroatoms. The van der Waals surface area contributed by atoms with E-state index in [1.165, 1.54) is 24.1 Å². The molecule has 0 aliphatic carbocycles. The number of hydrogen-bond acceptors (Lipinski definition) is 5. The van der Waals surface area contributed by atoms with Crippen LogP contribution in [0.1, 0.15) is 34.9 Å². The van der Waals surface area contributed by atoms with Crippen molar-refractivity contribution in [2.24, 2.45) is 0 Å². The van der Waals surface area contributed by atoms with Gasteiger partial charge in [-0.3, -0.25) is 10.1 Å². The largest absolute Gasteiger partial charge is 0.441 e. The van der Waals surface area contributed by atoms with Gasteiger partial charge >= 0.3 is 12.3 Å². The molecule has 0 saturated carbocycles. The van der Waals surface area contributed by atoms with E-state index in [1.54, 1.807) is 0 Å². The van der Waals surface area contributed by atoms with Crippen LogP contribution in [0, 0.1) is 5.82 Å². The van der Waals surface area contributed by atoms with Gasteiger partial charge in [-0.1, -0.05) is 11.6 Å². The van der Waals surface area contributed by atoms with Crippen molar-refractivity contribution in [3.8, 4) is 0 Å². The first-order valence-corrected chi connectivity index (χ1v) is 9.44. The summed E-state index contributed by atoms with van der Waals surface area (Å²) in [6.07, 6.45) is -4.74. The van der Waals surface area contributed by atoms with Gasteiger partial charge in [0.15, 0.2) is 5.82 Å². The van der Waals surface area contributed by atoms with Crippen LogP contribution in [0.25, 0.3) is 0 Å². The van der Waals surface area contributed by atoms with E-state index in [9.17, 15) is 27.2 Å². The van der Waals surface area contributed by atoms with E-state index < -0.39 is 42.5 Å². The minimum Gasteiger partial charge on any atom is -0.441 e. The van der Waals surface area contributed by atoms with Gasteiger partial charge in [0.05, 0.1) is 22.5 Å². The molecule has 2 amide bonds. The smallest absolute Gasteiger partial charge is 0.412 e. The van der Waals surface area contributed by atoms with E-state index in [0.29, 0.717) is 11.1 Å². The SMILES string of the molecule is CN(CCCC1OC(=O)Nc2ccc(Cl)c(F)c21)C(=O)c1cnn(CC(F)(F)F)c1N. The first-order valence-electron chi connectivity index (χ1n) is 9.07. The molecule has 1 atom stereocenters. The number of amides is 2. The number of carbonyl (C=O) groups is 2. The number of anilines is 2. The fourth-order valence-electron chi connectivity index (χ4n) is 3.20. The molecule has 31 heavy (non-hydrogen) atoms. The highest BCUT2D eigenvalue weighted by molar-refractivity contribution is 6.31. The quantitative estimate of drug-likeness (QED) is 0.631. The van der Waals surface area contributed by atoms with Crippen LogP contribution in [-0.4, -0.2) is 46.4 Å². The molecule has 2 aromatic rings. The highest BCUT2D eigenvalue weighted by Crippen LogP contribution is 2.38. The van der Waals surface area contributed by atoms with E-state index in [4.69, 9.17) is 22.1 Å². The maximum Gasteiger partial charge on any atom is 0.412 e. The number of hydrogen-bond donors (Lipinski definition) is 2. The highest BCUT2D eigenvalue weighted by Gasteiger charge is 2.32. The molecule has 0 saturated heterocycles. The lowest BCUT2D eigenvalue weighted by Crippen LogP contribution is -2.30. The van der Waals surface area contributed by atoms with Gasteiger partial charge in [0.1, 0.15) is 24.0 Å². The van der Waals surface area contributed by atoms with Gasteiger partial charge in [0, 0.05) is 13.6 Å². The summed E-state index contributed by atoms with van der Waals surface area (Å²) in [7, 11) is 1.43. The van der Waals surface area contributed by atoms with Crippen LogP contribution in [0.4, 0.5) is 33.9 Å². The molecule has 1 aliphatic rings. The Bertz CT molecular complexity index is 1010. The molecular weight excluding hydrogens is 446 g/mol. The zero-order valence-corrected chi connectivity index (χ0v) is 16.9. The minimum atomic E-state index is -4.53. The molecule has 1 unspecified atom stereocenters. The maximum atomic E-state index is 14.4. The van der Waals surface area contributed by atoms with Gasteiger partial charge in [0.2, 0.25) is 0 Å². The Labute approximate surface area is 178 Å². The van der Waals surface area contributed by atoms with Crippen molar-refractivity contribution in [2.75, 3.05) is 24.6 Å². The Morgan fingerprint density at radius 1 is 1.42 bits per heavy atom. The van der Waals surface area contributed by atoms with E-state index >= 15 is 0 Å². The lowest BCUT2D eigenvalue weighted by Gasteiger charge is -2.27. The second-order valence-corrected chi connectivity index (χ2v) is 7.33. The number of fused-ring (bicyclic) bond motifs is 1. The standard InChI is InChI=1S/C18H18ClF4N5O3/c1-27(16(29)9-7-25-28(15(9)24)8-18(21,22)23)6-2-3-12-13-11(26-17(30)31-12)5-4-10(19)14(13)20/h4-5,7,12H,2-3,6,8,24H2,1H3,(H,26,30). The lowest BCUT2D eigenvalue weighted by molar-refractivity contribution is -0.142. The van der Waals surface area contributed by atoms with E-state index in [0.717, 1.165) is 6.20 Å². The molecule has 2 heterocycles. The summed E-state index contributed by atoms with van der Waals surface area (Å²) in [5.74, 6) is -1.73. The Hall–Kier alpha value is -3.02. The number of alkyl halides is 3. The number of halogens is 5. The number of aromatic nitrogens is 2. The molecule has 0 bridgehead atoms. The zero-order chi connectivity index (χ0) is 22.9. The van der Waals surface area contributed by atoms with Crippen LogP contribution in [0.2, 0.25) is 5.02 Å². The number of benzene rings is 1. The predicted molar refractivity (Wildman–Crippen MR) is 103 cm³/mol. The molecule has 0 spiro atoms. The fraction of sp³-hybridized carbons (Fsp3) is 0.389. The minimum absolute atomic E-state index is 0.110. The summed E-state index contributed by atoms with van der Waals surface area (Å²) in [6.45, 7) is -1.27. The Morgan fingerprint density at radius 3 is 2.81 bits per heavy atom. The molecule has 1 aromatic heterocycles. The predicted octanol–water partition coefficient (Wildman–Crippen LogP) is 3.98. The first-order chi connectivity index (χ1) is 14.5. The van der Waals surface area contributed by atoms with Crippen molar-refractivity contribution >= 4 is 35.1 Å². The van der Waals surface area contributed by atoms with Crippen molar-refractivity contribution in [1.82, 2.24) is 14.7 Å². The molecular formula is C18H18ClF4N5O3. The van der Waals surface area contributed by atoms with Gasteiger partial charge in [-0.05, 0) is 25.0 Å². The molecule has 3 N–H and O–H groups in total. The molecule has 1 aliphatic heterocycles. The third kappa shape index (κ3) is 5.01. The molecule has 0 radical (unpaired) electrons. The number of nitrogens with one attached hydrogen (secondary N) is 1. The molecule has 1 aromatic carbocycles.